The fourth-order valence-electron chi connectivity index (χ4n) is 2.75. The van der Waals surface area contributed by atoms with E-state index in [1.54, 1.807) is 30.5 Å². The Kier molecular flexibility index (Phi) is 5.28. The van der Waals surface area contributed by atoms with Gasteiger partial charge in [-0.25, -0.2) is 5.43 Å². The Morgan fingerprint density at radius 3 is 2.81 bits per heavy atom. The molecule has 0 spiro atoms. The Labute approximate surface area is 155 Å². The number of para-hydroxylation sites is 1. The third-order valence-corrected chi connectivity index (χ3v) is 3.88. The van der Waals surface area contributed by atoms with E-state index < -0.39 is 0 Å². The molecule has 0 aliphatic carbocycles. The van der Waals surface area contributed by atoms with Crippen LogP contribution in [0.2, 0.25) is 0 Å². The van der Waals surface area contributed by atoms with E-state index in [4.69, 9.17) is 5.26 Å². The van der Waals surface area contributed by atoms with Crippen molar-refractivity contribution in [1.82, 2.24) is 9.99 Å². The average molecular weight is 359 g/mol. The third kappa shape index (κ3) is 4.19. The molecule has 2 aromatic carbocycles. The largest absolute Gasteiger partial charge is 0.333 e. The van der Waals surface area contributed by atoms with Crippen LogP contribution < -0.4 is 10.7 Å². The quantitative estimate of drug-likeness (QED) is 0.541. The number of hydrogen-bond acceptors (Lipinski definition) is 4. The Balaban J connectivity index is 1.76. The van der Waals surface area contributed by atoms with Crippen molar-refractivity contribution in [3.05, 3.63) is 65.9 Å². The van der Waals surface area contributed by atoms with Crippen molar-refractivity contribution in [3.8, 4) is 6.07 Å². The third-order valence-electron chi connectivity index (χ3n) is 3.88. The van der Waals surface area contributed by atoms with Crippen molar-refractivity contribution in [2.75, 3.05) is 5.32 Å². The monoisotopic (exact) mass is 359 g/mol. The highest BCUT2D eigenvalue weighted by Crippen LogP contribution is 2.19. The first kappa shape index (κ1) is 17.9. The molecule has 3 rings (SSSR count). The number of rotatable bonds is 5. The molecule has 0 fully saturated rings. The van der Waals surface area contributed by atoms with E-state index in [9.17, 15) is 9.59 Å². The van der Waals surface area contributed by atoms with Crippen LogP contribution in [0, 0.1) is 11.3 Å². The molecule has 1 aromatic heterocycles. The number of aromatic nitrogens is 1. The van der Waals surface area contributed by atoms with Gasteiger partial charge in [0.15, 0.2) is 0 Å². The number of nitriles is 1. The lowest BCUT2D eigenvalue weighted by Crippen LogP contribution is -2.18. The van der Waals surface area contributed by atoms with Crippen LogP contribution in [0.1, 0.15) is 22.8 Å². The second kappa shape index (κ2) is 7.97. The minimum Gasteiger partial charge on any atom is -0.333 e. The summed E-state index contributed by atoms with van der Waals surface area (Å²) in [6.45, 7) is 1.64. The summed E-state index contributed by atoms with van der Waals surface area (Å²) in [5.74, 6) is -0.599. The zero-order chi connectivity index (χ0) is 19.2. The number of nitrogens with one attached hydrogen (secondary N) is 2. The molecular weight excluding hydrogens is 342 g/mol. The Bertz CT molecular complexity index is 1080. The number of amides is 2. The van der Waals surface area contributed by atoms with E-state index in [0.717, 1.165) is 16.5 Å². The molecule has 0 aliphatic heterocycles. The van der Waals surface area contributed by atoms with Crippen LogP contribution in [0.4, 0.5) is 5.69 Å². The van der Waals surface area contributed by atoms with Crippen molar-refractivity contribution >= 4 is 34.6 Å². The zero-order valence-corrected chi connectivity index (χ0v) is 14.6. The van der Waals surface area contributed by atoms with Crippen molar-refractivity contribution in [2.24, 2.45) is 5.10 Å². The van der Waals surface area contributed by atoms with Gasteiger partial charge in [0.1, 0.15) is 6.54 Å². The molecule has 0 radical (unpaired) electrons. The molecule has 2 N–H and O–H groups in total. The van der Waals surface area contributed by atoms with Gasteiger partial charge in [-0.15, -0.1) is 0 Å². The van der Waals surface area contributed by atoms with Crippen molar-refractivity contribution in [2.45, 2.75) is 13.5 Å². The lowest BCUT2D eigenvalue weighted by atomic mass is 10.2. The van der Waals surface area contributed by atoms with E-state index in [0.29, 0.717) is 11.3 Å². The van der Waals surface area contributed by atoms with Gasteiger partial charge in [0, 0.05) is 40.8 Å². The number of anilines is 1. The molecule has 7 heteroatoms. The first-order chi connectivity index (χ1) is 13.1. The van der Waals surface area contributed by atoms with E-state index in [2.05, 4.69) is 21.9 Å². The van der Waals surface area contributed by atoms with Crippen LogP contribution in [0.15, 0.2) is 59.8 Å². The zero-order valence-electron chi connectivity index (χ0n) is 14.6. The molecule has 7 nitrogen and oxygen atoms in total. The number of carbonyl (C=O) groups excluding carboxylic acids is 2. The van der Waals surface area contributed by atoms with Crippen LogP contribution in [-0.4, -0.2) is 22.6 Å². The van der Waals surface area contributed by atoms with Gasteiger partial charge in [-0.3, -0.25) is 9.59 Å². The average Bonchev–Trinajstić information content (AvgIpc) is 3.00. The highest BCUT2D eigenvalue weighted by molar-refractivity contribution is 6.01. The van der Waals surface area contributed by atoms with Crippen molar-refractivity contribution < 1.29 is 9.59 Å². The smallest absolute Gasteiger partial charge is 0.271 e. The number of nitrogens with zero attached hydrogens (tertiary/aromatic N) is 3. The fraction of sp³-hybridized carbons (Fsp3) is 0.100. The predicted octanol–water partition coefficient (Wildman–Crippen LogP) is 2.89. The topological polar surface area (TPSA) is 99.3 Å². The number of fused-ring (bicyclic) bond motifs is 1. The van der Waals surface area contributed by atoms with Gasteiger partial charge in [-0.1, -0.05) is 24.3 Å². The van der Waals surface area contributed by atoms with Gasteiger partial charge in [0.2, 0.25) is 5.91 Å². The lowest BCUT2D eigenvalue weighted by Gasteiger charge is -2.04. The van der Waals surface area contributed by atoms with Crippen molar-refractivity contribution in [1.29, 1.82) is 5.26 Å². The molecule has 3 aromatic rings. The van der Waals surface area contributed by atoms with E-state index in [1.165, 1.54) is 6.92 Å². The molecule has 1 heterocycles. The highest BCUT2D eigenvalue weighted by atomic mass is 16.2. The number of hydrogen-bond donors (Lipinski definition) is 2. The Morgan fingerprint density at radius 2 is 2.04 bits per heavy atom. The van der Waals surface area contributed by atoms with Gasteiger partial charge < -0.3 is 9.88 Å². The number of carbonyl (C=O) groups is 2. The summed E-state index contributed by atoms with van der Waals surface area (Å²) < 4.78 is 1.83. The standard InChI is InChI=1S/C20H17N5O2/c1-14(26)23-17-6-4-5-15(11-17)20(27)24-22-12-16-13-25(10-9-21)19-8-3-2-7-18(16)19/h2-8,11-13H,10H2,1H3,(H,23,26)(H,24,27)/b22-12-. The second-order valence-electron chi connectivity index (χ2n) is 5.85. The summed E-state index contributed by atoms with van der Waals surface area (Å²) >= 11 is 0. The molecule has 27 heavy (non-hydrogen) atoms. The van der Waals surface area contributed by atoms with Gasteiger partial charge in [0.05, 0.1) is 12.3 Å². The SMILES string of the molecule is CC(=O)Nc1cccc(C(=O)N/N=C\c2cn(CC#N)c3ccccc23)c1. The molecule has 0 saturated carbocycles. The van der Waals surface area contributed by atoms with E-state index >= 15 is 0 Å². The van der Waals surface area contributed by atoms with Crippen LogP contribution >= 0.6 is 0 Å². The lowest BCUT2D eigenvalue weighted by molar-refractivity contribution is -0.114. The molecule has 0 atom stereocenters. The summed E-state index contributed by atoms with van der Waals surface area (Å²) in [7, 11) is 0. The fourth-order valence-corrected chi connectivity index (χ4v) is 2.75. The normalized spacial score (nSPS) is 10.7. The van der Waals surface area contributed by atoms with Gasteiger partial charge in [-0.05, 0) is 24.3 Å². The summed E-state index contributed by atoms with van der Waals surface area (Å²) in [5, 5.41) is 16.5. The molecule has 0 aliphatic rings. The maximum atomic E-state index is 12.3. The summed E-state index contributed by atoms with van der Waals surface area (Å²) in [4.78, 5) is 23.4. The van der Waals surface area contributed by atoms with Crippen LogP contribution in [0.25, 0.3) is 10.9 Å². The van der Waals surface area contributed by atoms with Crippen molar-refractivity contribution in [3.63, 3.8) is 0 Å². The van der Waals surface area contributed by atoms with Gasteiger partial charge in [0.25, 0.3) is 5.91 Å². The van der Waals surface area contributed by atoms with Crippen LogP contribution in [0.3, 0.4) is 0 Å². The number of hydrazone groups is 1. The molecule has 0 unspecified atom stereocenters. The molecular formula is C20H17N5O2. The number of benzene rings is 2. The van der Waals surface area contributed by atoms with E-state index in [-0.39, 0.29) is 18.4 Å². The Hall–Kier alpha value is -3.92. The molecule has 134 valence electrons. The summed E-state index contributed by atoms with van der Waals surface area (Å²) in [6.07, 6.45) is 3.37. The van der Waals surface area contributed by atoms with E-state index in [1.807, 2.05) is 35.0 Å². The summed E-state index contributed by atoms with van der Waals surface area (Å²) in [5.41, 5.74) is 5.12. The van der Waals surface area contributed by atoms with Crippen LogP contribution in [-0.2, 0) is 11.3 Å². The molecule has 0 bridgehead atoms. The maximum absolute atomic E-state index is 12.3. The molecule has 0 saturated heterocycles. The second-order valence-corrected chi connectivity index (χ2v) is 5.85. The summed E-state index contributed by atoms with van der Waals surface area (Å²) in [6, 6.07) is 16.4. The minimum absolute atomic E-state index is 0.209. The predicted molar refractivity (Wildman–Crippen MR) is 103 cm³/mol. The molecule has 2 amide bonds. The maximum Gasteiger partial charge on any atom is 0.271 e. The van der Waals surface area contributed by atoms with Crippen LogP contribution in [0.5, 0.6) is 0 Å². The first-order valence-corrected chi connectivity index (χ1v) is 8.24. The minimum atomic E-state index is -0.390. The first-order valence-electron chi connectivity index (χ1n) is 8.24. The Morgan fingerprint density at radius 1 is 1.22 bits per heavy atom. The van der Waals surface area contributed by atoms with Gasteiger partial charge >= 0.3 is 0 Å². The highest BCUT2D eigenvalue weighted by Gasteiger charge is 2.08. The van der Waals surface area contributed by atoms with Gasteiger partial charge in [-0.2, -0.15) is 10.4 Å².